The maximum atomic E-state index is 10.4. The summed E-state index contributed by atoms with van der Waals surface area (Å²) < 4.78 is 0. The van der Waals surface area contributed by atoms with Crippen molar-refractivity contribution >= 4 is 11.9 Å². The first-order chi connectivity index (χ1) is 8.24. The number of aliphatic carboxylic acids is 1. The molecule has 0 spiro atoms. The second-order valence-corrected chi connectivity index (χ2v) is 4.32. The molecule has 2 rings (SSSR count). The maximum Gasteiger partial charge on any atom is 0.306 e. The van der Waals surface area contributed by atoms with Crippen LogP contribution in [0.2, 0.25) is 0 Å². The van der Waals surface area contributed by atoms with Crippen LogP contribution in [0, 0.1) is 5.92 Å². The van der Waals surface area contributed by atoms with E-state index in [0.717, 1.165) is 31.8 Å². The summed E-state index contributed by atoms with van der Waals surface area (Å²) in [5.74, 6) is 0.853. The third-order valence-electron chi connectivity index (χ3n) is 3.04. The van der Waals surface area contributed by atoms with E-state index in [-0.39, 0.29) is 5.92 Å². The van der Waals surface area contributed by atoms with Gasteiger partial charge in [-0.2, -0.15) is 0 Å². The third-order valence-corrected chi connectivity index (χ3v) is 3.04. The highest BCUT2D eigenvalue weighted by Crippen LogP contribution is 2.26. The zero-order valence-corrected chi connectivity index (χ0v) is 10.00. The highest BCUT2D eigenvalue weighted by Gasteiger charge is 2.22. The Kier molecular flexibility index (Phi) is 6.55. The number of piperazine rings is 1. The van der Waals surface area contributed by atoms with Crippen molar-refractivity contribution in [3.8, 4) is 0 Å². The Hall–Kier alpha value is -1.16. The predicted molar refractivity (Wildman–Crippen MR) is 64.5 cm³/mol. The minimum Gasteiger partial charge on any atom is -0.481 e. The van der Waals surface area contributed by atoms with Crippen LogP contribution in [0.25, 0.3) is 0 Å². The number of hydrogen-bond donors (Lipinski definition) is 3. The lowest BCUT2D eigenvalue weighted by Gasteiger charge is -2.17. The first kappa shape index (κ1) is 13.9. The van der Waals surface area contributed by atoms with Crippen LogP contribution in [0.1, 0.15) is 25.7 Å². The van der Waals surface area contributed by atoms with Gasteiger partial charge >= 0.3 is 5.97 Å². The van der Waals surface area contributed by atoms with Crippen LogP contribution in [0.3, 0.4) is 0 Å². The van der Waals surface area contributed by atoms with E-state index >= 15 is 0 Å². The number of hydrogen-bond acceptors (Lipinski definition) is 4. The summed E-state index contributed by atoms with van der Waals surface area (Å²) in [6.07, 6.45) is 2.42. The Morgan fingerprint density at radius 1 is 1.12 bits per heavy atom. The highest BCUT2D eigenvalue weighted by molar-refractivity contribution is 5.70. The van der Waals surface area contributed by atoms with E-state index < -0.39 is 5.97 Å². The molecule has 1 aliphatic heterocycles. The van der Waals surface area contributed by atoms with E-state index in [1.165, 1.54) is 0 Å². The number of allylic oxidation sites excluding steroid dienone is 1. The van der Waals surface area contributed by atoms with Crippen molar-refractivity contribution in [1.82, 2.24) is 10.6 Å². The fourth-order valence-electron chi connectivity index (χ4n) is 1.92. The van der Waals surface area contributed by atoms with Gasteiger partial charge in [-0.3, -0.25) is 4.79 Å². The van der Waals surface area contributed by atoms with Crippen molar-refractivity contribution in [2.75, 3.05) is 26.2 Å². The van der Waals surface area contributed by atoms with Gasteiger partial charge in [-0.15, -0.1) is 0 Å². The lowest BCUT2D eigenvalue weighted by atomic mass is 9.87. The van der Waals surface area contributed by atoms with Crippen LogP contribution in [0.4, 0.5) is 0 Å². The molecular weight excluding hydrogens is 220 g/mol. The van der Waals surface area contributed by atoms with Crippen molar-refractivity contribution in [3.63, 3.8) is 0 Å². The molecule has 0 amide bonds. The molecule has 1 aliphatic carbocycles. The normalized spacial score (nSPS) is 24.2. The van der Waals surface area contributed by atoms with E-state index in [1.54, 1.807) is 0 Å². The van der Waals surface area contributed by atoms with Gasteiger partial charge in [-0.25, -0.2) is 4.79 Å². The van der Waals surface area contributed by atoms with Crippen LogP contribution in [-0.4, -0.2) is 43.2 Å². The zero-order chi connectivity index (χ0) is 12.5. The topological polar surface area (TPSA) is 78.4 Å². The van der Waals surface area contributed by atoms with Gasteiger partial charge in [-0.05, 0) is 25.7 Å². The molecule has 5 nitrogen and oxygen atoms in total. The van der Waals surface area contributed by atoms with E-state index in [9.17, 15) is 9.59 Å². The number of nitrogens with one attached hydrogen (secondary N) is 2. The van der Waals surface area contributed by atoms with Crippen molar-refractivity contribution in [2.24, 2.45) is 5.92 Å². The van der Waals surface area contributed by atoms with Gasteiger partial charge in [0, 0.05) is 31.8 Å². The molecule has 0 aromatic heterocycles. The average Bonchev–Trinajstić information content (AvgIpc) is 2.41. The Bertz CT molecular complexity index is 273. The SMILES string of the molecule is C1CNCCN1.O=C=C1CCC(C(=O)O)CC1. The summed E-state index contributed by atoms with van der Waals surface area (Å²) in [7, 11) is 0. The summed E-state index contributed by atoms with van der Waals surface area (Å²) >= 11 is 0. The molecule has 0 radical (unpaired) electrons. The van der Waals surface area contributed by atoms with Crippen LogP contribution in [-0.2, 0) is 9.59 Å². The second kappa shape index (κ2) is 8.01. The van der Waals surface area contributed by atoms with Gasteiger partial charge in [0.05, 0.1) is 5.92 Å². The van der Waals surface area contributed by atoms with Crippen molar-refractivity contribution in [2.45, 2.75) is 25.7 Å². The molecule has 0 aromatic rings. The smallest absolute Gasteiger partial charge is 0.306 e. The summed E-state index contributed by atoms with van der Waals surface area (Å²) in [5, 5.41) is 15.0. The van der Waals surface area contributed by atoms with Gasteiger partial charge in [0.2, 0.25) is 0 Å². The minimum absolute atomic E-state index is 0.243. The standard InChI is InChI=1S/C8H10O3.C4H10N2/c9-5-6-1-3-7(4-2-6)8(10)11;1-2-6-4-3-5-1/h7H,1-4H2,(H,10,11);5-6H,1-4H2. The predicted octanol–water partition coefficient (Wildman–Crippen LogP) is 0.198. The number of carboxylic acids is 1. The molecule has 1 heterocycles. The van der Waals surface area contributed by atoms with E-state index in [0.29, 0.717) is 25.7 Å². The quantitative estimate of drug-likeness (QED) is 0.571. The van der Waals surface area contributed by atoms with E-state index in [2.05, 4.69) is 10.6 Å². The largest absolute Gasteiger partial charge is 0.481 e. The van der Waals surface area contributed by atoms with Gasteiger partial charge < -0.3 is 15.7 Å². The van der Waals surface area contributed by atoms with E-state index in [4.69, 9.17) is 5.11 Å². The fraction of sp³-hybridized carbons (Fsp3) is 0.750. The third kappa shape index (κ3) is 5.63. The molecule has 17 heavy (non-hydrogen) atoms. The van der Waals surface area contributed by atoms with Crippen molar-refractivity contribution in [1.29, 1.82) is 0 Å². The van der Waals surface area contributed by atoms with Crippen LogP contribution in [0.15, 0.2) is 5.57 Å². The van der Waals surface area contributed by atoms with Gasteiger partial charge in [0.15, 0.2) is 0 Å². The summed E-state index contributed by atoms with van der Waals surface area (Å²) in [5.41, 5.74) is 0.738. The van der Waals surface area contributed by atoms with Crippen molar-refractivity contribution in [3.05, 3.63) is 5.57 Å². The Labute approximate surface area is 101 Å². The summed E-state index contributed by atoms with van der Waals surface area (Å²) in [4.78, 5) is 20.6. The highest BCUT2D eigenvalue weighted by atomic mass is 16.4. The van der Waals surface area contributed by atoms with Gasteiger partial charge in [-0.1, -0.05) is 0 Å². The number of rotatable bonds is 1. The molecule has 0 atom stereocenters. The van der Waals surface area contributed by atoms with Crippen LogP contribution >= 0.6 is 0 Å². The summed E-state index contributed by atoms with van der Waals surface area (Å²) in [6.45, 7) is 4.56. The maximum absolute atomic E-state index is 10.4. The molecule has 5 heteroatoms. The fourth-order valence-corrected chi connectivity index (χ4v) is 1.92. The molecule has 0 unspecified atom stereocenters. The van der Waals surface area contributed by atoms with Crippen molar-refractivity contribution < 1.29 is 14.7 Å². The second-order valence-electron chi connectivity index (χ2n) is 4.32. The molecule has 0 bridgehead atoms. The zero-order valence-electron chi connectivity index (χ0n) is 10.00. The number of carboxylic acid groups (broad SMARTS) is 1. The number of carbonyl (C=O) groups is 1. The molecule has 1 saturated heterocycles. The molecule has 3 N–H and O–H groups in total. The molecule has 2 fully saturated rings. The number of carbonyl (C=O) groups excluding carboxylic acids is 1. The Balaban J connectivity index is 0.000000202. The molecule has 1 saturated carbocycles. The van der Waals surface area contributed by atoms with Gasteiger partial charge in [0.25, 0.3) is 0 Å². The lowest BCUT2D eigenvalue weighted by molar-refractivity contribution is -0.142. The monoisotopic (exact) mass is 240 g/mol. The molecule has 2 aliphatic rings. The molecule has 0 aromatic carbocycles. The Morgan fingerprint density at radius 3 is 1.88 bits per heavy atom. The average molecular weight is 240 g/mol. The summed E-state index contributed by atoms with van der Waals surface area (Å²) in [6, 6.07) is 0. The molecular formula is C12H20N2O3. The lowest BCUT2D eigenvalue weighted by Crippen LogP contribution is -2.39. The van der Waals surface area contributed by atoms with Gasteiger partial charge in [0.1, 0.15) is 5.94 Å². The first-order valence-electron chi connectivity index (χ1n) is 6.11. The van der Waals surface area contributed by atoms with Crippen LogP contribution in [0.5, 0.6) is 0 Å². The minimum atomic E-state index is -0.741. The van der Waals surface area contributed by atoms with E-state index in [1.807, 2.05) is 5.94 Å². The first-order valence-corrected chi connectivity index (χ1v) is 6.11. The van der Waals surface area contributed by atoms with Crippen LogP contribution < -0.4 is 10.6 Å². The molecule has 96 valence electrons. The Morgan fingerprint density at radius 2 is 1.59 bits per heavy atom.